The number of piperidine rings is 2. The third kappa shape index (κ3) is 5.85. The molecule has 3 fully saturated rings. The number of ketones is 1. The SMILES string of the molecule is CC(=O)SC1CCN(C(C(=O)C2CC2)c2ccccc2F)C/C1=C\CN1CCCCC1. The van der Waals surface area contributed by atoms with Crippen LogP contribution in [0.2, 0.25) is 0 Å². The molecule has 31 heavy (non-hydrogen) atoms. The molecule has 2 saturated heterocycles. The largest absolute Gasteiger partial charge is 0.300 e. The molecule has 2 aliphatic heterocycles. The van der Waals surface area contributed by atoms with Gasteiger partial charge in [0, 0.05) is 43.3 Å². The maximum absolute atomic E-state index is 14.7. The van der Waals surface area contributed by atoms with Crippen LogP contribution in [0.1, 0.15) is 57.1 Å². The minimum absolute atomic E-state index is 0.0645. The number of hydrogen-bond acceptors (Lipinski definition) is 5. The fraction of sp³-hybridized carbons (Fsp3) is 0.600. The maximum Gasteiger partial charge on any atom is 0.186 e. The molecular weight excluding hydrogens is 411 g/mol. The number of Topliss-reactive ketones (excluding diaryl/α,β-unsaturated/α-hetero) is 1. The summed E-state index contributed by atoms with van der Waals surface area (Å²) in [5, 5.41) is 0.276. The van der Waals surface area contributed by atoms with Crippen molar-refractivity contribution in [1.82, 2.24) is 9.80 Å². The van der Waals surface area contributed by atoms with Crippen LogP contribution >= 0.6 is 11.8 Å². The zero-order valence-electron chi connectivity index (χ0n) is 18.4. The lowest BCUT2D eigenvalue weighted by atomic mass is 9.93. The van der Waals surface area contributed by atoms with Crippen LogP contribution in [0.5, 0.6) is 0 Å². The van der Waals surface area contributed by atoms with Crippen LogP contribution in [0.4, 0.5) is 4.39 Å². The van der Waals surface area contributed by atoms with E-state index in [0.29, 0.717) is 18.7 Å². The summed E-state index contributed by atoms with van der Waals surface area (Å²) in [7, 11) is 0. The van der Waals surface area contributed by atoms with Gasteiger partial charge in [-0.15, -0.1) is 0 Å². The van der Waals surface area contributed by atoms with Crippen LogP contribution in [0.15, 0.2) is 35.9 Å². The third-order valence-corrected chi connectivity index (χ3v) is 7.82. The van der Waals surface area contributed by atoms with Crippen LogP contribution in [-0.4, -0.2) is 58.7 Å². The van der Waals surface area contributed by atoms with E-state index >= 15 is 0 Å². The highest BCUT2D eigenvalue weighted by atomic mass is 32.2. The first kappa shape index (κ1) is 22.7. The molecule has 0 bridgehead atoms. The number of carbonyl (C=O) groups excluding carboxylic acids is 2. The second-order valence-corrected chi connectivity index (χ2v) is 10.5. The van der Waals surface area contributed by atoms with Gasteiger partial charge >= 0.3 is 0 Å². The van der Waals surface area contributed by atoms with Gasteiger partial charge in [0.2, 0.25) is 0 Å². The second-order valence-electron chi connectivity index (χ2n) is 9.10. The smallest absolute Gasteiger partial charge is 0.186 e. The molecule has 0 aromatic heterocycles. The van der Waals surface area contributed by atoms with Gasteiger partial charge in [0.05, 0.1) is 6.04 Å². The number of halogens is 1. The average Bonchev–Trinajstić information content (AvgIpc) is 3.61. The number of nitrogens with zero attached hydrogens (tertiary/aromatic N) is 2. The molecule has 0 radical (unpaired) electrons. The van der Waals surface area contributed by atoms with Gasteiger partial charge in [-0.05, 0) is 56.8 Å². The standard InChI is InChI=1S/C25H33FN2O2S/c1-18(29)31-23-12-16-28(17-20(23)11-15-27-13-5-2-6-14-27)24(25(30)19-9-10-19)21-7-3-4-8-22(21)26/h3-4,7-8,11,19,23-24H,2,5-6,9-10,12-17H2,1H3/b20-11+. The molecule has 4 rings (SSSR count). The summed E-state index contributed by atoms with van der Waals surface area (Å²) in [6, 6.07) is 6.17. The molecule has 2 atom stereocenters. The first-order valence-electron chi connectivity index (χ1n) is 11.6. The molecular formula is C25H33FN2O2S. The van der Waals surface area contributed by atoms with Crippen molar-refractivity contribution in [2.24, 2.45) is 5.92 Å². The predicted octanol–water partition coefficient (Wildman–Crippen LogP) is 4.61. The fourth-order valence-corrected chi connectivity index (χ4v) is 5.79. The number of likely N-dealkylation sites (tertiary alicyclic amines) is 2. The van der Waals surface area contributed by atoms with E-state index in [1.165, 1.54) is 42.7 Å². The molecule has 2 heterocycles. The van der Waals surface area contributed by atoms with Crippen LogP contribution in [0, 0.1) is 11.7 Å². The second kappa shape index (κ2) is 10.4. The van der Waals surface area contributed by atoms with Crippen molar-refractivity contribution in [3.05, 3.63) is 47.3 Å². The lowest BCUT2D eigenvalue weighted by molar-refractivity contribution is -0.126. The molecule has 0 amide bonds. The van der Waals surface area contributed by atoms with Crippen molar-refractivity contribution in [1.29, 1.82) is 0 Å². The van der Waals surface area contributed by atoms with Crippen LogP contribution in [0.3, 0.4) is 0 Å². The Morgan fingerprint density at radius 2 is 1.87 bits per heavy atom. The summed E-state index contributed by atoms with van der Waals surface area (Å²) >= 11 is 1.40. The number of hydrogen-bond donors (Lipinski definition) is 0. The first-order chi connectivity index (χ1) is 15.0. The third-order valence-electron chi connectivity index (χ3n) is 6.66. The van der Waals surface area contributed by atoms with Crippen LogP contribution < -0.4 is 0 Å². The molecule has 0 spiro atoms. The zero-order valence-corrected chi connectivity index (χ0v) is 19.2. The van der Waals surface area contributed by atoms with E-state index in [1.54, 1.807) is 19.1 Å². The van der Waals surface area contributed by atoms with Crippen molar-refractivity contribution in [3.63, 3.8) is 0 Å². The van der Waals surface area contributed by atoms with Gasteiger partial charge in [-0.3, -0.25) is 19.4 Å². The fourth-order valence-electron chi connectivity index (χ4n) is 4.84. The van der Waals surface area contributed by atoms with Gasteiger partial charge in [-0.25, -0.2) is 4.39 Å². The molecule has 0 N–H and O–H groups in total. The summed E-state index contributed by atoms with van der Waals surface area (Å²) < 4.78 is 14.7. The molecule has 1 saturated carbocycles. The number of rotatable bonds is 7. The van der Waals surface area contributed by atoms with E-state index in [1.807, 2.05) is 6.07 Å². The molecule has 1 aromatic carbocycles. The monoisotopic (exact) mass is 444 g/mol. The number of benzene rings is 1. The summed E-state index contributed by atoms with van der Waals surface area (Å²) in [5.41, 5.74) is 1.70. The predicted molar refractivity (Wildman–Crippen MR) is 123 cm³/mol. The molecule has 4 nitrogen and oxygen atoms in total. The van der Waals surface area contributed by atoms with Crippen molar-refractivity contribution in [2.45, 2.75) is 56.7 Å². The van der Waals surface area contributed by atoms with Gasteiger partial charge in [0.15, 0.2) is 10.9 Å². The van der Waals surface area contributed by atoms with Crippen molar-refractivity contribution in [2.75, 3.05) is 32.7 Å². The Bertz CT molecular complexity index is 833. The van der Waals surface area contributed by atoms with Crippen molar-refractivity contribution >= 4 is 22.7 Å². The van der Waals surface area contributed by atoms with Crippen molar-refractivity contribution in [3.8, 4) is 0 Å². The van der Waals surface area contributed by atoms with Gasteiger partial charge in [-0.2, -0.15) is 0 Å². The van der Waals surface area contributed by atoms with Gasteiger partial charge in [-0.1, -0.05) is 42.5 Å². The Balaban J connectivity index is 1.56. The lowest BCUT2D eigenvalue weighted by Gasteiger charge is -2.39. The highest BCUT2D eigenvalue weighted by Crippen LogP contribution is 2.40. The van der Waals surface area contributed by atoms with Gasteiger partial charge in [0.1, 0.15) is 5.82 Å². The van der Waals surface area contributed by atoms with E-state index in [0.717, 1.165) is 38.9 Å². The normalized spacial score (nSPS) is 25.5. The molecule has 168 valence electrons. The van der Waals surface area contributed by atoms with Gasteiger partial charge in [0.25, 0.3) is 0 Å². The quantitative estimate of drug-likeness (QED) is 0.575. The molecule has 1 aliphatic carbocycles. The molecule has 3 aliphatic rings. The minimum atomic E-state index is -0.532. The van der Waals surface area contributed by atoms with E-state index in [4.69, 9.17) is 0 Å². The highest BCUT2D eigenvalue weighted by Gasteiger charge is 2.41. The van der Waals surface area contributed by atoms with E-state index in [-0.39, 0.29) is 27.9 Å². The Morgan fingerprint density at radius 1 is 1.13 bits per heavy atom. The van der Waals surface area contributed by atoms with Crippen LogP contribution in [-0.2, 0) is 9.59 Å². The summed E-state index contributed by atoms with van der Waals surface area (Å²) in [5.74, 6) is -0.0894. The zero-order chi connectivity index (χ0) is 21.8. The summed E-state index contributed by atoms with van der Waals surface area (Å²) in [6.45, 7) is 6.07. The molecule has 1 aromatic rings. The summed E-state index contributed by atoms with van der Waals surface area (Å²) in [4.78, 5) is 29.7. The molecule has 2 unspecified atom stereocenters. The Hall–Kier alpha value is -1.50. The average molecular weight is 445 g/mol. The van der Waals surface area contributed by atoms with Crippen molar-refractivity contribution < 1.29 is 14.0 Å². The van der Waals surface area contributed by atoms with E-state index < -0.39 is 6.04 Å². The lowest BCUT2D eigenvalue weighted by Crippen LogP contribution is -2.43. The number of carbonyl (C=O) groups is 2. The molecule has 6 heteroatoms. The topological polar surface area (TPSA) is 40.6 Å². The maximum atomic E-state index is 14.7. The van der Waals surface area contributed by atoms with E-state index in [2.05, 4.69) is 15.9 Å². The first-order valence-corrected chi connectivity index (χ1v) is 12.5. The van der Waals surface area contributed by atoms with Crippen LogP contribution in [0.25, 0.3) is 0 Å². The van der Waals surface area contributed by atoms with Gasteiger partial charge < -0.3 is 0 Å². The number of thioether (sulfide) groups is 1. The Kier molecular flexibility index (Phi) is 7.62. The van der Waals surface area contributed by atoms with E-state index in [9.17, 15) is 14.0 Å². The Morgan fingerprint density at radius 3 is 2.55 bits per heavy atom. The highest BCUT2D eigenvalue weighted by molar-refractivity contribution is 8.14. The minimum Gasteiger partial charge on any atom is -0.300 e. The summed E-state index contributed by atoms with van der Waals surface area (Å²) in [6.07, 6.45) is 8.70. The Labute approximate surface area is 189 Å².